The highest BCUT2D eigenvalue weighted by molar-refractivity contribution is 5.71. The third-order valence-electron chi connectivity index (χ3n) is 10.8. The molecule has 67 heavy (non-hydrogen) atoms. The molecule has 0 aromatic carbocycles. The first-order chi connectivity index (χ1) is 33.0. The van der Waals surface area contributed by atoms with Crippen molar-refractivity contribution >= 4 is 17.9 Å². The Morgan fingerprint density at radius 1 is 0.328 bits per heavy atom. The van der Waals surface area contributed by atoms with Crippen molar-refractivity contribution in [1.82, 2.24) is 0 Å². The molecule has 0 aliphatic rings. The zero-order valence-electron chi connectivity index (χ0n) is 42.9. The van der Waals surface area contributed by atoms with E-state index >= 15 is 0 Å². The molecule has 0 N–H and O–H groups in total. The maximum absolute atomic E-state index is 12.8. The van der Waals surface area contributed by atoms with Gasteiger partial charge >= 0.3 is 17.9 Å². The normalized spacial score (nSPS) is 13.2. The third-order valence-corrected chi connectivity index (χ3v) is 10.8. The van der Waals surface area contributed by atoms with E-state index in [0.717, 1.165) is 77.0 Å². The molecule has 0 bridgehead atoms. The van der Waals surface area contributed by atoms with Gasteiger partial charge in [0.15, 0.2) is 6.10 Å². The Morgan fingerprint density at radius 2 is 0.657 bits per heavy atom. The summed E-state index contributed by atoms with van der Waals surface area (Å²) in [4.78, 5) is 38.0. The van der Waals surface area contributed by atoms with Crippen LogP contribution in [0.5, 0.6) is 0 Å². The molecular weight excluding hydrogens is 829 g/mol. The lowest BCUT2D eigenvalue weighted by atomic mass is 10.1. The van der Waals surface area contributed by atoms with Gasteiger partial charge in [0.1, 0.15) is 13.2 Å². The molecule has 376 valence electrons. The summed E-state index contributed by atoms with van der Waals surface area (Å²) in [5.41, 5.74) is 0. The highest BCUT2D eigenvalue weighted by Crippen LogP contribution is 2.12. The van der Waals surface area contributed by atoms with E-state index in [2.05, 4.69) is 81.5 Å². The van der Waals surface area contributed by atoms with Crippen LogP contribution < -0.4 is 0 Å². The zero-order valence-corrected chi connectivity index (χ0v) is 42.9. The van der Waals surface area contributed by atoms with Crippen molar-refractivity contribution in [3.05, 3.63) is 134 Å². The maximum atomic E-state index is 12.8. The third kappa shape index (κ3) is 52.4. The van der Waals surface area contributed by atoms with E-state index in [0.29, 0.717) is 19.3 Å². The number of carbonyl (C=O) groups excluding carboxylic acids is 3. The molecule has 0 saturated heterocycles. The van der Waals surface area contributed by atoms with Crippen LogP contribution in [-0.2, 0) is 28.6 Å². The van der Waals surface area contributed by atoms with Crippen LogP contribution in [0.4, 0.5) is 0 Å². The van der Waals surface area contributed by atoms with Crippen LogP contribution in [-0.4, -0.2) is 37.2 Å². The molecule has 0 rings (SSSR count). The van der Waals surface area contributed by atoms with Gasteiger partial charge in [0, 0.05) is 19.3 Å². The Hall–Kier alpha value is -4.45. The molecule has 0 aromatic heterocycles. The zero-order chi connectivity index (χ0) is 48.6. The molecule has 0 aliphatic heterocycles. The van der Waals surface area contributed by atoms with Gasteiger partial charge in [-0.05, 0) is 96.3 Å². The first-order valence-corrected chi connectivity index (χ1v) is 26.8. The molecule has 0 heterocycles. The van der Waals surface area contributed by atoms with Crippen LogP contribution in [0.2, 0.25) is 0 Å². The Morgan fingerprint density at radius 3 is 1.10 bits per heavy atom. The minimum atomic E-state index is -0.834. The number of unbranched alkanes of at least 4 members (excludes halogenated alkanes) is 19. The van der Waals surface area contributed by atoms with E-state index in [1.54, 1.807) is 0 Å². The van der Waals surface area contributed by atoms with Gasteiger partial charge in [-0.15, -0.1) is 0 Å². The van der Waals surface area contributed by atoms with Crippen molar-refractivity contribution in [2.24, 2.45) is 0 Å². The lowest BCUT2D eigenvalue weighted by Crippen LogP contribution is -2.30. The van der Waals surface area contributed by atoms with Crippen molar-refractivity contribution in [2.45, 2.75) is 219 Å². The summed E-state index contributed by atoms with van der Waals surface area (Å²) >= 11 is 0. The van der Waals surface area contributed by atoms with Crippen LogP contribution in [0.3, 0.4) is 0 Å². The van der Waals surface area contributed by atoms with Gasteiger partial charge in [0.05, 0.1) is 0 Å². The summed E-state index contributed by atoms with van der Waals surface area (Å²) in [6.45, 7) is 6.36. The summed E-state index contributed by atoms with van der Waals surface area (Å²) in [7, 11) is 0. The van der Waals surface area contributed by atoms with Gasteiger partial charge in [0.2, 0.25) is 0 Å². The van der Waals surface area contributed by atoms with Gasteiger partial charge < -0.3 is 14.2 Å². The fourth-order valence-corrected chi connectivity index (χ4v) is 6.79. The van der Waals surface area contributed by atoms with Gasteiger partial charge in [-0.1, -0.05) is 231 Å². The largest absolute Gasteiger partial charge is 0.462 e. The van der Waals surface area contributed by atoms with Crippen molar-refractivity contribution in [3.63, 3.8) is 0 Å². The van der Waals surface area contributed by atoms with Crippen molar-refractivity contribution in [3.8, 4) is 0 Å². The number of allylic oxidation sites excluding steroid dienone is 22. The summed E-state index contributed by atoms with van der Waals surface area (Å²) in [6, 6.07) is 0. The molecule has 0 aromatic rings. The lowest BCUT2D eigenvalue weighted by molar-refractivity contribution is -0.167. The van der Waals surface area contributed by atoms with Gasteiger partial charge in [-0.25, -0.2) is 0 Å². The number of carbonyl (C=O) groups is 3. The maximum Gasteiger partial charge on any atom is 0.306 e. The predicted molar refractivity (Wildman–Crippen MR) is 288 cm³/mol. The fourth-order valence-electron chi connectivity index (χ4n) is 6.79. The lowest BCUT2D eigenvalue weighted by Gasteiger charge is -2.18. The van der Waals surface area contributed by atoms with Crippen molar-refractivity contribution in [1.29, 1.82) is 0 Å². The molecule has 6 heteroatoms. The smallest absolute Gasteiger partial charge is 0.306 e. The van der Waals surface area contributed by atoms with Crippen LogP contribution in [0.1, 0.15) is 213 Å². The monoisotopic (exact) mass is 925 g/mol. The molecule has 0 amide bonds. The SMILES string of the molecule is CC\C=C/C=C\C=C/C=C\C=C\C=C/C=C\CCCCCC(=O)OCC(COC(=O)CCCCC/C=C\CCCCCCCC)OC(=O)CCC/C=C\C/C=C\C/C=C\CCCCCCCC. The summed E-state index contributed by atoms with van der Waals surface area (Å²) < 4.78 is 16.7. The summed E-state index contributed by atoms with van der Waals surface area (Å²) in [5, 5.41) is 0. The first-order valence-electron chi connectivity index (χ1n) is 26.8. The van der Waals surface area contributed by atoms with E-state index in [4.69, 9.17) is 14.2 Å². The average Bonchev–Trinajstić information content (AvgIpc) is 3.33. The van der Waals surface area contributed by atoms with Crippen molar-refractivity contribution in [2.75, 3.05) is 13.2 Å². The number of hydrogen-bond donors (Lipinski definition) is 0. The molecule has 1 unspecified atom stereocenters. The predicted octanol–water partition coefficient (Wildman–Crippen LogP) is 17.9. The van der Waals surface area contributed by atoms with Gasteiger partial charge in [-0.2, -0.15) is 0 Å². The Balaban J connectivity index is 4.61. The molecular formula is C61H96O6. The second-order valence-electron chi connectivity index (χ2n) is 17.2. The highest BCUT2D eigenvalue weighted by atomic mass is 16.6. The quantitative estimate of drug-likeness (QED) is 0.0199. The molecule has 0 fully saturated rings. The second-order valence-corrected chi connectivity index (χ2v) is 17.2. The number of esters is 3. The Kier molecular flexibility index (Phi) is 50.6. The van der Waals surface area contributed by atoms with Crippen LogP contribution in [0.25, 0.3) is 0 Å². The average molecular weight is 925 g/mol. The van der Waals surface area contributed by atoms with Crippen LogP contribution in [0, 0.1) is 0 Å². The first kappa shape index (κ1) is 62.5. The highest BCUT2D eigenvalue weighted by Gasteiger charge is 2.19. The second kappa shape index (κ2) is 54.2. The molecule has 0 aliphatic carbocycles. The number of rotatable bonds is 46. The van der Waals surface area contributed by atoms with E-state index in [9.17, 15) is 14.4 Å². The van der Waals surface area contributed by atoms with Crippen molar-refractivity contribution < 1.29 is 28.6 Å². The van der Waals surface area contributed by atoms with E-state index in [1.165, 1.54) is 83.5 Å². The Labute approximate surface area is 411 Å². The van der Waals surface area contributed by atoms with E-state index in [-0.39, 0.29) is 44.0 Å². The molecule has 0 spiro atoms. The molecule has 0 saturated carbocycles. The van der Waals surface area contributed by atoms with Crippen LogP contribution in [0.15, 0.2) is 134 Å². The molecule has 1 atom stereocenters. The number of ether oxygens (including phenoxy) is 3. The van der Waals surface area contributed by atoms with E-state index < -0.39 is 6.10 Å². The summed E-state index contributed by atoms with van der Waals surface area (Å²) in [6.07, 6.45) is 75.8. The topological polar surface area (TPSA) is 78.9 Å². The number of hydrogen-bond acceptors (Lipinski definition) is 6. The fraction of sp³-hybridized carbons (Fsp3) is 0.590. The molecule has 0 radical (unpaired) electrons. The Bertz CT molecular complexity index is 1480. The molecule has 6 nitrogen and oxygen atoms in total. The van der Waals surface area contributed by atoms with E-state index in [1.807, 2.05) is 72.9 Å². The summed E-state index contributed by atoms with van der Waals surface area (Å²) in [5.74, 6) is -1.05. The minimum Gasteiger partial charge on any atom is -0.462 e. The van der Waals surface area contributed by atoms with Gasteiger partial charge in [-0.3, -0.25) is 14.4 Å². The minimum absolute atomic E-state index is 0.126. The van der Waals surface area contributed by atoms with Crippen LogP contribution >= 0.6 is 0 Å². The standard InChI is InChI=1S/C61H96O6/c1-4-7-10-13-16-19-22-25-27-29-30-32-33-36-39-42-45-48-51-54-60(63)66-57-58(56-65-59(62)53-50-47-44-41-38-35-24-21-18-15-12-9-6-3)67-61(64)55-52-49-46-43-40-37-34-31-28-26-23-20-17-14-11-8-5-2/h7,10,13,16,19,22,25-30,32-39,43,46,58H,4-6,8-9,11-12,14-15,17-18,20-21,23-24,31,40-42,44-45,47-57H2,1-3H3/b10-7-,16-13-,22-19-,27-25-,28-26-,30-29+,33-32-,37-34-,38-35-,39-36-,46-43-. The van der Waals surface area contributed by atoms with Gasteiger partial charge in [0.25, 0.3) is 0 Å².